The highest BCUT2D eigenvalue weighted by molar-refractivity contribution is 5.82. The summed E-state index contributed by atoms with van der Waals surface area (Å²) in [6, 6.07) is 16.0. The Hall–Kier alpha value is -2.17. The van der Waals surface area contributed by atoms with Crippen LogP contribution in [0.5, 0.6) is 0 Å². The van der Waals surface area contributed by atoms with E-state index in [9.17, 15) is 5.11 Å². The highest BCUT2D eigenvalue weighted by Crippen LogP contribution is 2.30. The second kappa shape index (κ2) is 8.52. The molecule has 1 saturated carbocycles. The number of fused-ring (bicyclic) bond motifs is 1. The Balaban J connectivity index is 1.37. The van der Waals surface area contributed by atoms with Gasteiger partial charge in [0, 0.05) is 19.1 Å². The molecule has 2 aromatic carbocycles. The summed E-state index contributed by atoms with van der Waals surface area (Å²) in [5, 5.41) is 9.56. The van der Waals surface area contributed by atoms with E-state index in [4.69, 9.17) is 4.98 Å². The number of hydrogen-bond acceptors (Lipinski definition) is 3. The van der Waals surface area contributed by atoms with Crippen LogP contribution in [-0.2, 0) is 13.1 Å². The van der Waals surface area contributed by atoms with Gasteiger partial charge < -0.3 is 9.67 Å². The summed E-state index contributed by atoms with van der Waals surface area (Å²) in [6.45, 7) is 5.53. The van der Waals surface area contributed by atoms with Crippen LogP contribution in [0.3, 0.4) is 0 Å². The lowest BCUT2D eigenvalue weighted by Crippen LogP contribution is -2.31. The van der Waals surface area contributed by atoms with E-state index >= 15 is 0 Å². The van der Waals surface area contributed by atoms with Crippen LogP contribution in [0.25, 0.3) is 22.2 Å². The average Bonchev–Trinajstić information content (AvgIpc) is 3.50. The lowest BCUT2D eigenvalue weighted by Gasteiger charge is -2.22. The number of hydrogen-bond donors (Lipinski definition) is 1. The first-order valence-electron chi connectivity index (χ1n) is 11.6. The van der Waals surface area contributed by atoms with Crippen LogP contribution in [0.2, 0.25) is 0 Å². The molecule has 30 heavy (non-hydrogen) atoms. The maximum absolute atomic E-state index is 9.56. The van der Waals surface area contributed by atoms with Gasteiger partial charge in [0.2, 0.25) is 0 Å². The molecule has 3 aromatic rings. The molecule has 0 unspecified atom stereocenters. The molecule has 1 aliphatic carbocycles. The van der Waals surface area contributed by atoms with E-state index in [2.05, 4.69) is 58.9 Å². The van der Waals surface area contributed by atoms with E-state index in [0.717, 1.165) is 43.3 Å². The highest BCUT2D eigenvalue weighted by Gasteiger charge is 2.23. The first kappa shape index (κ1) is 19.8. The van der Waals surface area contributed by atoms with Crippen molar-refractivity contribution in [2.45, 2.75) is 64.6 Å². The standard InChI is InChI=1S/C26H33N3O/c1-19-27-25-13-12-23(15-26(25)29(19)17-20-5-2-3-6-20)22-10-8-21(9-11-22)16-28-14-4-7-24(28)18-30/h8-13,15,20,24,30H,2-7,14,16-18H2,1H3/t24-/m1/s1. The predicted octanol–water partition coefficient (Wildman–Crippen LogP) is 5.16. The third kappa shape index (κ3) is 3.91. The van der Waals surface area contributed by atoms with Crippen molar-refractivity contribution < 1.29 is 5.11 Å². The minimum absolute atomic E-state index is 0.270. The van der Waals surface area contributed by atoms with E-state index < -0.39 is 0 Å². The van der Waals surface area contributed by atoms with Crippen molar-refractivity contribution in [3.8, 4) is 11.1 Å². The first-order chi connectivity index (χ1) is 14.7. The van der Waals surface area contributed by atoms with Crippen LogP contribution in [0, 0.1) is 12.8 Å². The number of rotatable bonds is 6. The van der Waals surface area contributed by atoms with Gasteiger partial charge >= 0.3 is 0 Å². The summed E-state index contributed by atoms with van der Waals surface area (Å²) in [5.41, 5.74) is 6.21. The van der Waals surface area contributed by atoms with Gasteiger partial charge in [-0.1, -0.05) is 43.2 Å². The second-order valence-electron chi connectivity index (χ2n) is 9.27. The predicted molar refractivity (Wildman–Crippen MR) is 122 cm³/mol. The smallest absolute Gasteiger partial charge is 0.106 e. The van der Waals surface area contributed by atoms with Gasteiger partial charge in [-0.05, 0) is 73.9 Å². The third-order valence-corrected chi connectivity index (χ3v) is 7.24. The molecule has 1 aliphatic heterocycles. The van der Waals surface area contributed by atoms with Crippen LogP contribution in [0.15, 0.2) is 42.5 Å². The normalized spacial score (nSPS) is 20.5. The van der Waals surface area contributed by atoms with Crippen molar-refractivity contribution in [3.05, 3.63) is 53.9 Å². The topological polar surface area (TPSA) is 41.3 Å². The zero-order chi connectivity index (χ0) is 20.5. The van der Waals surface area contributed by atoms with Crippen LogP contribution in [0.4, 0.5) is 0 Å². The van der Waals surface area contributed by atoms with Gasteiger partial charge in [0.1, 0.15) is 5.82 Å². The molecule has 0 spiro atoms. The summed E-state index contributed by atoms with van der Waals surface area (Å²) in [4.78, 5) is 7.22. The second-order valence-corrected chi connectivity index (χ2v) is 9.27. The number of aliphatic hydroxyl groups excluding tert-OH is 1. The van der Waals surface area contributed by atoms with E-state index in [1.165, 1.54) is 54.3 Å². The summed E-state index contributed by atoms with van der Waals surface area (Å²) >= 11 is 0. The number of nitrogens with zero attached hydrogens (tertiary/aromatic N) is 3. The van der Waals surface area contributed by atoms with E-state index in [0.29, 0.717) is 6.04 Å². The number of imidazole rings is 1. The Labute approximate surface area is 179 Å². The molecule has 1 atom stereocenters. The molecule has 2 fully saturated rings. The average molecular weight is 404 g/mol. The van der Waals surface area contributed by atoms with Crippen molar-refractivity contribution in [1.29, 1.82) is 0 Å². The molecular weight excluding hydrogens is 370 g/mol. The Bertz CT molecular complexity index is 1000. The van der Waals surface area contributed by atoms with E-state index in [1.807, 2.05) is 0 Å². The number of aliphatic hydroxyl groups is 1. The molecule has 1 saturated heterocycles. The van der Waals surface area contributed by atoms with Crippen molar-refractivity contribution in [2.75, 3.05) is 13.2 Å². The fourth-order valence-corrected chi connectivity index (χ4v) is 5.45. The van der Waals surface area contributed by atoms with E-state index in [-0.39, 0.29) is 6.61 Å². The molecule has 0 amide bonds. The lowest BCUT2D eigenvalue weighted by atomic mass is 10.0. The summed E-state index contributed by atoms with van der Waals surface area (Å²) < 4.78 is 2.44. The van der Waals surface area contributed by atoms with Crippen molar-refractivity contribution >= 4 is 11.0 Å². The van der Waals surface area contributed by atoms with Crippen LogP contribution in [-0.4, -0.2) is 38.8 Å². The number of benzene rings is 2. The maximum Gasteiger partial charge on any atom is 0.106 e. The van der Waals surface area contributed by atoms with Gasteiger partial charge in [-0.25, -0.2) is 4.98 Å². The quantitative estimate of drug-likeness (QED) is 0.618. The monoisotopic (exact) mass is 403 g/mol. The van der Waals surface area contributed by atoms with Gasteiger partial charge in [-0.15, -0.1) is 0 Å². The molecule has 4 heteroatoms. The van der Waals surface area contributed by atoms with Crippen LogP contribution >= 0.6 is 0 Å². The van der Waals surface area contributed by atoms with Crippen molar-refractivity contribution in [2.24, 2.45) is 5.92 Å². The summed E-state index contributed by atoms with van der Waals surface area (Å²) in [7, 11) is 0. The molecular formula is C26H33N3O. The first-order valence-corrected chi connectivity index (χ1v) is 11.6. The Morgan fingerprint density at radius 1 is 0.967 bits per heavy atom. The van der Waals surface area contributed by atoms with Gasteiger partial charge in [-0.3, -0.25) is 4.90 Å². The highest BCUT2D eigenvalue weighted by atomic mass is 16.3. The molecule has 5 rings (SSSR count). The zero-order valence-electron chi connectivity index (χ0n) is 18.1. The van der Waals surface area contributed by atoms with Gasteiger partial charge in [0.15, 0.2) is 0 Å². The van der Waals surface area contributed by atoms with Gasteiger partial charge in [0.05, 0.1) is 17.6 Å². The largest absolute Gasteiger partial charge is 0.395 e. The molecule has 4 nitrogen and oxygen atoms in total. The van der Waals surface area contributed by atoms with Crippen molar-refractivity contribution in [3.63, 3.8) is 0 Å². The van der Waals surface area contributed by atoms with Gasteiger partial charge in [-0.2, -0.15) is 0 Å². The zero-order valence-corrected chi connectivity index (χ0v) is 18.1. The molecule has 0 radical (unpaired) electrons. The Morgan fingerprint density at radius 2 is 1.73 bits per heavy atom. The molecule has 2 heterocycles. The van der Waals surface area contributed by atoms with Gasteiger partial charge in [0.25, 0.3) is 0 Å². The number of likely N-dealkylation sites (tertiary alicyclic amines) is 1. The molecule has 1 aromatic heterocycles. The fraction of sp³-hybridized carbons (Fsp3) is 0.500. The van der Waals surface area contributed by atoms with Crippen LogP contribution < -0.4 is 0 Å². The van der Waals surface area contributed by atoms with Crippen molar-refractivity contribution in [1.82, 2.24) is 14.5 Å². The number of aromatic nitrogens is 2. The summed E-state index contributed by atoms with van der Waals surface area (Å²) in [5.74, 6) is 1.94. The molecule has 2 aliphatic rings. The van der Waals surface area contributed by atoms with Crippen LogP contribution in [0.1, 0.15) is 49.9 Å². The molecule has 158 valence electrons. The SMILES string of the molecule is Cc1nc2ccc(-c3ccc(CN4CCC[C@@H]4CO)cc3)cc2n1CC1CCCC1. The lowest BCUT2D eigenvalue weighted by molar-refractivity contribution is 0.153. The minimum atomic E-state index is 0.270. The fourth-order valence-electron chi connectivity index (χ4n) is 5.45. The Morgan fingerprint density at radius 3 is 2.50 bits per heavy atom. The summed E-state index contributed by atoms with van der Waals surface area (Å²) in [6.07, 6.45) is 7.78. The molecule has 1 N–H and O–H groups in total. The Kier molecular flexibility index (Phi) is 5.62. The molecule has 0 bridgehead atoms. The van der Waals surface area contributed by atoms with E-state index in [1.54, 1.807) is 0 Å². The minimum Gasteiger partial charge on any atom is -0.395 e. The maximum atomic E-state index is 9.56. The third-order valence-electron chi connectivity index (χ3n) is 7.24. The number of aryl methyl sites for hydroxylation is 1.